The van der Waals surface area contributed by atoms with Crippen molar-refractivity contribution in [3.8, 4) is 0 Å². The van der Waals surface area contributed by atoms with E-state index in [0.717, 1.165) is 5.56 Å². The summed E-state index contributed by atoms with van der Waals surface area (Å²) in [6.07, 6.45) is -0.300. The molecule has 0 spiro atoms. The van der Waals surface area contributed by atoms with E-state index in [1.54, 1.807) is 6.92 Å². The first-order valence-electron chi connectivity index (χ1n) is 7.09. The number of hydrogen-bond acceptors (Lipinski definition) is 3. The first kappa shape index (κ1) is 17.2. The van der Waals surface area contributed by atoms with E-state index in [-0.39, 0.29) is 5.92 Å². The maximum Gasteiger partial charge on any atom is 0.326 e. The molecule has 0 bridgehead atoms. The zero-order chi connectivity index (χ0) is 15.8. The van der Waals surface area contributed by atoms with Crippen LogP contribution in [0, 0.1) is 5.92 Å². The van der Waals surface area contributed by atoms with Gasteiger partial charge in [0.05, 0.1) is 6.61 Å². The first-order chi connectivity index (χ1) is 9.90. The first-order valence-corrected chi connectivity index (χ1v) is 7.09. The molecule has 0 heterocycles. The second kappa shape index (κ2) is 8.42. The maximum absolute atomic E-state index is 12.0. The Morgan fingerprint density at radius 3 is 2.33 bits per heavy atom. The van der Waals surface area contributed by atoms with Crippen molar-refractivity contribution in [2.45, 2.75) is 45.9 Å². The fourth-order valence-electron chi connectivity index (χ4n) is 1.85. The average molecular weight is 293 g/mol. The predicted octanol–water partition coefficient (Wildman–Crippen LogP) is 2.21. The summed E-state index contributed by atoms with van der Waals surface area (Å²) in [6.45, 7) is 5.76. The van der Waals surface area contributed by atoms with Crippen molar-refractivity contribution in [1.82, 2.24) is 5.32 Å². The van der Waals surface area contributed by atoms with Crippen LogP contribution in [0.15, 0.2) is 30.3 Å². The second-order valence-corrected chi connectivity index (χ2v) is 5.47. The summed E-state index contributed by atoms with van der Waals surface area (Å²) in [6, 6.07) is 8.63. The molecule has 0 aromatic heterocycles. The van der Waals surface area contributed by atoms with E-state index in [9.17, 15) is 9.59 Å². The van der Waals surface area contributed by atoms with Crippen molar-refractivity contribution in [3.63, 3.8) is 0 Å². The number of hydrogen-bond donors (Lipinski definition) is 2. The number of carbonyl (C=O) groups is 2. The average Bonchev–Trinajstić information content (AvgIpc) is 2.44. The number of benzene rings is 1. The summed E-state index contributed by atoms with van der Waals surface area (Å²) in [5, 5.41) is 11.6. The fraction of sp³-hybridized carbons (Fsp3) is 0.500. The summed E-state index contributed by atoms with van der Waals surface area (Å²) >= 11 is 0. The number of carbonyl (C=O) groups excluding carboxylic acids is 1. The number of nitrogens with one attached hydrogen (secondary N) is 1. The molecule has 1 amide bonds. The van der Waals surface area contributed by atoms with Crippen LogP contribution in [0.3, 0.4) is 0 Å². The van der Waals surface area contributed by atoms with Crippen LogP contribution in [0.1, 0.15) is 32.8 Å². The Balaban J connectivity index is 2.47. The van der Waals surface area contributed by atoms with Crippen LogP contribution in [-0.2, 0) is 20.9 Å². The molecule has 0 aliphatic carbocycles. The maximum atomic E-state index is 12.0. The Labute approximate surface area is 125 Å². The molecule has 0 aliphatic heterocycles. The van der Waals surface area contributed by atoms with Crippen molar-refractivity contribution >= 4 is 11.9 Å². The lowest BCUT2D eigenvalue weighted by molar-refractivity contribution is -0.144. The van der Waals surface area contributed by atoms with E-state index in [1.165, 1.54) is 0 Å². The van der Waals surface area contributed by atoms with E-state index in [1.807, 2.05) is 44.2 Å². The summed E-state index contributed by atoms with van der Waals surface area (Å²) in [7, 11) is 0. The molecule has 1 aromatic carbocycles. The molecule has 0 fully saturated rings. The smallest absolute Gasteiger partial charge is 0.326 e. The van der Waals surface area contributed by atoms with E-state index in [4.69, 9.17) is 9.84 Å². The zero-order valence-electron chi connectivity index (χ0n) is 12.7. The third-order valence-corrected chi connectivity index (χ3v) is 3.03. The van der Waals surface area contributed by atoms with E-state index in [0.29, 0.717) is 13.0 Å². The Kier molecular flexibility index (Phi) is 6.88. The highest BCUT2D eigenvalue weighted by Crippen LogP contribution is 2.07. The molecule has 5 heteroatoms. The van der Waals surface area contributed by atoms with E-state index in [2.05, 4.69) is 5.32 Å². The lowest BCUT2D eigenvalue weighted by atomic mass is 10.0. The van der Waals surface area contributed by atoms with Gasteiger partial charge >= 0.3 is 5.97 Å². The SMILES string of the molecule is CC(C)CC(NC(=O)C(C)OCc1ccccc1)C(=O)O. The fourth-order valence-corrected chi connectivity index (χ4v) is 1.85. The molecule has 0 saturated heterocycles. The van der Waals surface area contributed by atoms with Gasteiger partial charge in [-0.05, 0) is 24.8 Å². The van der Waals surface area contributed by atoms with Crippen LogP contribution in [-0.4, -0.2) is 29.1 Å². The highest BCUT2D eigenvalue weighted by molar-refractivity contribution is 5.86. The zero-order valence-corrected chi connectivity index (χ0v) is 12.7. The second-order valence-electron chi connectivity index (χ2n) is 5.47. The van der Waals surface area contributed by atoms with Gasteiger partial charge in [0.1, 0.15) is 12.1 Å². The van der Waals surface area contributed by atoms with E-state index >= 15 is 0 Å². The van der Waals surface area contributed by atoms with Gasteiger partial charge in [-0.3, -0.25) is 4.79 Å². The highest BCUT2D eigenvalue weighted by Gasteiger charge is 2.24. The molecular weight excluding hydrogens is 270 g/mol. The number of aliphatic carboxylic acids is 1. The van der Waals surface area contributed by atoms with Gasteiger partial charge in [0.2, 0.25) is 5.91 Å². The third-order valence-electron chi connectivity index (χ3n) is 3.03. The number of carboxylic acids is 1. The van der Waals surface area contributed by atoms with Gasteiger partial charge in [-0.15, -0.1) is 0 Å². The van der Waals surface area contributed by atoms with Crippen molar-refractivity contribution in [3.05, 3.63) is 35.9 Å². The molecule has 0 radical (unpaired) electrons. The van der Waals surface area contributed by atoms with Crippen LogP contribution < -0.4 is 5.32 Å². The molecule has 2 N–H and O–H groups in total. The van der Waals surface area contributed by atoms with Crippen molar-refractivity contribution in [2.75, 3.05) is 0 Å². The van der Waals surface area contributed by atoms with Crippen molar-refractivity contribution < 1.29 is 19.4 Å². The minimum atomic E-state index is -1.02. The number of ether oxygens (including phenoxy) is 1. The normalized spacial score (nSPS) is 13.7. The van der Waals surface area contributed by atoms with Crippen molar-refractivity contribution in [2.24, 2.45) is 5.92 Å². The standard InChI is InChI=1S/C16H23NO4/c1-11(2)9-14(16(19)20)17-15(18)12(3)21-10-13-7-5-4-6-8-13/h4-8,11-12,14H,9-10H2,1-3H3,(H,17,18)(H,19,20). The van der Waals surface area contributed by atoms with Gasteiger partial charge in [-0.2, -0.15) is 0 Å². The van der Waals surface area contributed by atoms with Crippen LogP contribution >= 0.6 is 0 Å². The summed E-state index contributed by atoms with van der Waals surface area (Å²) < 4.78 is 5.47. The topological polar surface area (TPSA) is 75.6 Å². The molecule has 2 atom stereocenters. The molecule has 116 valence electrons. The number of amides is 1. The molecule has 1 rings (SSSR count). The lowest BCUT2D eigenvalue weighted by Crippen LogP contribution is -2.46. The van der Waals surface area contributed by atoms with Gasteiger partial charge in [-0.1, -0.05) is 44.2 Å². The molecule has 5 nitrogen and oxygen atoms in total. The largest absolute Gasteiger partial charge is 0.480 e. The molecule has 21 heavy (non-hydrogen) atoms. The summed E-state index contributed by atoms with van der Waals surface area (Å²) in [5.41, 5.74) is 0.967. The Morgan fingerprint density at radius 2 is 1.81 bits per heavy atom. The monoisotopic (exact) mass is 293 g/mol. The minimum Gasteiger partial charge on any atom is -0.480 e. The Bertz CT molecular complexity index is 459. The van der Waals surface area contributed by atoms with Gasteiger partial charge in [0, 0.05) is 0 Å². The van der Waals surface area contributed by atoms with E-state index < -0.39 is 24.0 Å². The molecule has 0 aliphatic rings. The predicted molar refractivity (Wildman–Crippen MR) is 79.7 cm³/mol. The van der Waals surface area contributed by atoms with Crippen LogP contribution in [0.5, 0.6) is 0 Å². The van der Waals surface area contributed by atoms with Crippen LogP contribution in [0.4, 0.5) is 0 Å². The Hall–Kier alpha value is -1.88. The summed E-state index contributed by atoms with van der Waals surface area (Å²) in [4.78, 5) is 23.1. The van der Waals surface area contributed by atoms with Crippen LogP contribution in [0.25, 0.3) is 0 Å². The Morgan fingerprint density at radius 1 is 1.19 bits per heavy atom. The highest BCUT2D eigenvalue weighted by atomic mass is 16.5. The molecule has 0 saturated carbocycles. The third kappa shape index (κ3) is 6.40. The minimum absolute atomic E-state index is 0.187. The van der Waals surface area contributed by atoms with Crippen molar-refractivity contribution in [1.29, 1.82) is 0 Å². The summed E-state index contributed by atoms with van der Waals surface area (Å²) in [5.74, 6) is -1.24. The van der Waals surface area contributed by atoms with Gasteiger partial charge in [0.25, 0.3) is 0 Å². The quantitative estimate of drug-likeness (QED) is 0.770. The molecule has 2 unspecified atom stereocenters. The van der Waals surface area contributed by atoms with Gasteiger partial charge in [0.15, 0.2) is 0 Å². The van der Waals surface area contributed by atoms with Gasteiger partial charge in [-0.25, -0.2) is 4.79 Å². The molecule has 1 aromatic rings. The number of rotatable bonds is 8. The number of carboxylic acid groups (broad SMARTS) is 1. The van der Waals surface area contributed by atoms with Gasteiger partial charge < -0.3 is 15.2 Å². The lowest BCUT2D eigenvalue weighted by Gasteiger charge is -2.19. The molecular formula is C16H23NO4. The van der Waals surface area contributed by atoms with Crippen LogP contribution in [0.2, 0.25) is 0 Å².